The van der Waals surface area contributed by atoms with Crippen molar-refractivity contribution >= 4 is 45.8 Å². The molecule has 5 nitrogen and oxygen atoms in total. The third-order valence-corrected chi connectivity index (χ3v) is 3.69. The van der Waals surface area contributed by atoms with E-state index in [1.165, 1.54) is 12.1 Å². The van der Waals surface area contributed by atoms with Gasteiger partial charge in [0.1, 0.15) is 0 Å². The van der Waals surface area contributed by atoms with Gasteiger partial charge in [-0.05, 0) is 24.1 Å². The fourth-order valence-corrected chi connectivity index (χ4v) is 2.08. The van der Waals surface area contributed by atoms with Crippen molar-refractivity contribution in [3.05, 3.63) is 28.2 Å². The maximum absolute atomic E-state index is 12.8. The van der Waals surface area contributed by atoms with Crippen LogP contribution in [0.3, 0.4) is 0 Å². The highest BCUT2D eigenvalue weighted by atomic mass is 79.9. The summed E-state index contributed by atoms with van der Waals surface area (Å²) in [6, 6.07) is 2.56. The molecular weight excluding hydrogens is 415 g/mol. The van der Waals surface area contributed by atoms with E-state index in [1.54, 1.807) is 13.8 Å². The van der Waals surface area contributed by atoms with Crippen LogP contribution < -0.4 is 16.4 Å². The first-order chi connectivity index (χ1) is 10.5. The summed E-state index contributed by atoms with van der Waals surface area (Å²) in [6.45, 7) is 3.13. The second-order valence-corrected chi connectivity index (χ2v) is 6.08. The average Bonchev–Trinajstić information content (AvgIpc) is 2.44. The van der Waals surface area contributed by atoms with Crippen LogP contribution in [0.1, 0.15) is 19.4 Å². The van der Waals surface area contributed by atoms with E-state index < -0.39 is 29.6 Å². The molecule has 1 aromatic rings. The number of amides is 2. The number of benzene rings is 1. The lowest BCUT2D eigenvalue weighted by Crippen LogP contribution is -2.46. The van der Waals surface area contributed by atoms with Crippen LogP contribution in [0, 0.1) is 5.92 Å². The van der Waals surface area contributed by atoms with Crippen LogP contribution in [0.5, 0.6) is 0 Å². The normalized spacial score (nSPS) is 12.3. The van der Waals surface area contributed by atoms with Crippen molar-refractivity contribution in [1.29, 1.82) is 0 Å². The van der Waals surface area contributed by atoms with Gasteiger partial charge >= 0.3 is 6.18 Å². The SMILES string of the molecule is CC(C)[C@H](N)C(=O)NCC(=O)Nc1ccc(Br)c(C(F)(F)F)c1.Cl. The number of hydrogen-bond donors (Lipinski definition) is 3. The molecule has 1 aromatic carbocycles. The number of alkyl halides is 3. The molecule has 136 valence electrons. The van der Waals surface area contributed by atoms with E-state index in [4.69, 9.17) is 5.73 Å². The largest absolute Gasteiger partial charge is 0.417 e. The van der Waals surface area contributed by atoms with Gasteiger partial charge in [0.05, 0.1) is 18.2 Å². The first-order valence-corrected chi connectivity index (χ1v) is 7.51. The Kier molecular flexibility index (Phi) is 8.73. The van der Waals surface area contributed by atoms with Crippen molar-refractivity contribution in [3.63, 3.8) is 0 Å². The van der Waals surface area contributed by atoms with E-state index in [-0.39, 0.29) is 35.0 Å². The molecule has 0 spiro atoms. The van der Waals surface area contributed by atoms with Gasteiger partial charge in [0, 0.05) is 10.2 Å². The summed E-state index contributed by atoms with van der Waals surface area (Å²) in [5.74, 6) is -1.24. The molecule has 0 aliphatic heterocycles. The predicted octanol–water partition coefficient (Wildman–Crippen LogP) is 2.93. The Labute approximate surface area is 152 Å². The van der Waals surface area contributed by atoms with E-state index >= 15 is 0 Å². The highest BCUT2D eigenvalue weighted by Gasteiger charge is 2.33. The summed E-state index contributed by atoms with van der Waals surface area (Å²) in [5.41, 5.74) is 4.69. The van der Waals surface area contributed by atoms with Gasteiger partial charge in [-0.25, -0.2) is 0 Å². The zero-order valence-corrected chi connectivity index (χ0v) is 15.3. The van der Waals surface area contributed by atoms with Crippen LogP contribution in [0.4, 0.5) is 18.9 Å². The summed E-state index contributed by atoms with van der Waals surface area (Å²) in [6.07, 6.45) is -4.54. The van der Waals surface area contributed by atoms with E-state index in [0.717, 1.165) is 6.07 Å². The molecule has 0 fully saturated rings. The van der Waals surface area contributed by atoms with Gasteiger partial charge in [-0.3, -0.25) is 9.59 Å². The van der Waals surface area contributed by atoms with Crippen molar-refractivity contribution in [1.82, 2.24) is 5.32 Å². The zero-order chi connectivity index (χ0) is 17.8. The van der Waals surface area contributed by atoms with E-state index in [0.29, 0.717) is 0 Å². The summed E-state index contributed by atoms with van der Waals surface area (Å²) in [5, 5.41) is 4.62. The molecule has 24 heavy (non-hydrogen) atoms. The molecular formula is C14H18BrClF3N3O2. The minimum atomic E-state index is -4.54. The number of anilines is 1. The predicted molar refractivity (Wildman–Crippen MR) is 90.8 cm³/mol. The molecule has 4 N–H and O–H groups in total. The maximum atomic E-state index is 12.8. The smallest absolute Gasteiger partial charge is 0.346 e. The Bertz CT molecular complexity index is 597. The first kappa shape index (κ1) is 22.7. The molecule has 0 unspecified atom stereocenters. The molecule has 0 radical (unpaired) electrons. The average molecular weight is 433 g/mol. The monoisotopic (exact) mass is 431 g/mol. The van der Waals surface area contributed by atoms with Gasteiger partial charge in [0.15, 0.2) is 0 Å². The second kappa shape index (κ2) is 9.24. The summed E-state index contributed by atoms with van der Waals surface area (Å²) < 4.78 is 38.2. The number of nitrogens with two attached hydrogens (primary N) is 1. The van der Waals surface area contributed by atoms with E-state index in [1.807, 2.05) is 0 Å². The molecule has 2 amide bonds. The Morgan fingerprint density at radius 1 is 1.29 bits per heavy atom. The number of nitrogens with one attached hydrogen (secondary N) is 2. The lowest BCUT2D eigenvalue weighted by atomic mass is 10.1. The highest BCUT2D eigenvalue weighted by molar-refractivity contribution is 9.10. The summed E-state index contributed by atoms with van der Waals surface area (Å²) in [7, 11) is 0. The number of carbonyl (C=O) groups excluding carboxylic acids is 2. The van der Waals surface area contributed by atoms with Crippen LogP contribution >= 0.6 is 28.3 Å². The van der Waals surface area contributed by atoms with Crippen molar-refractivity contribution in [2.75, 3.05) is 11.9 Å². The van der Waals surface area contributed by atoms with Gasteiger partial charge in [-0.2, -0.15) is 13.2 Å². The number of carbonyl (C=O) groups is 2. The number of hydrogen-bond acceptors (Lipinski definition) is 3. The van der Waals surface area contributed by atoms with Gasteiger partial charge in [0.2, 0.25) is 11.8 Å². The first-order valence-electron chi connectivity index (χ1n) is 6.72. The van der Waals surface area contributed by atoms with Crippen LogP contribution in [0.15, 0.2) is 22.7 Å². The van der Waals surface area contributed by atoms with Crippen molar-refractivity contribution in [2.45, 2.75) is 26.1 Å². The van der Waals surface area contributed by atoms with Crippen molar-refractivity contribution < 1.29 is 22.8 Å². The topological polar surface area (TPSA) is 84.2 Å². The Balaban J connectivity index is 0.00000529. The molecule has 0 aliphatic rings. The highest BCUT2D eigenvalue weighted by Crippen LogP contribution is 2.36. The van der Waals surface area contributed by atoms with E-state index in [2.05, 4.69) is 26.6 Å². The summed E-state index contributed by atoms with van der Waals surface area (Å²) in [4.78, 5) is 23.3. The van der Waals surface area contributed by atoms with Crippen LogP contribution in [0.2, 0.25) is 0 Å². The van der Waals surface area contributed by atoms with Crippen LogP contribution in [0.25, 0.3) is 0 Å². The Morgan fingerprint density at radius 3 is 2.38 bits per heavy atom. The number of halogens is 5. The third-order valence-electron chi connectivity index (χ3n) is 3.00. The Hall–Kier alpha value is -1.32. The van der Waals surface area contributed by atoms with Gasteiger partial charge < -0.3 is 16.4 Å². The molecule has 0 bridgehead atoms. The Morgan fingerprint density at radius 2 is 1.88 bits per heavy atom. The minimum absolute atomic E-state index is 0. The van der Waals surface area contributed by atoms with E-state index in [9.17, 15) is 22.8 Å². The molecule has 0 aromatic heterocycles. The van der Waals surface area contributed by atoms with Crippen molar-refractivity contribution in [3.8, 4) is 0 Å². The van der Waals surface area contributed by atoms with Crippen LogP contribution in [-0.4, -0.2) is 24.4 Å². The lowest BCUT2D eigenvalue weighted by Gasteiger charge is -2.15. The van der Waals surface area contributed by atoms with Crippen molar-refractivity contribution in [2.24, 2.45) is 11.7 Å². The quantitative estimate of drug-likeness (QED) is 0.669. The second-order valence-electron chi connectivity index (χ2n) is 5.23. The minimum Gasteiger partial charge on any atom is -0.346 e. The standard InChI is InChI=1S/C14H17BrF3N3O2.ClH/c1-7(2)12(19)13(23)20-6-11(22)21-8-3-4-10(15)9(5-8)14(16,17)18;/h3-5,7,12H,6,19H2,1-2H3,(H,20,23)(H,21,22);1H/t12-;/m0./s1. The van der Waals surface area contributed by atoms with Crippen LogP contribution in [-0.2, 0) is 15.8 Å². The van der Waals surface area contributed by atoms with Gasteiger partial charge in [-0.15, -0.1) is 12.4 Å². The fourth-order valence-electron chi connectivity index (χ4n) is 1.61. The van der Waals surface area contributed by atoms with Gasteiger partial charge in [0.25, 0.3) is 0 Å². The summed E-state index contributed by atoms with van der Waals surface area (Å²) >= 11 is 2.81. The molecule has 1 rings (SSSR count). The maximum Gasteiger partial charge on any atom is 0.417 e. The zero-order valence-electron chi connectivity index (χ0n) is 12.9. The molecule has 0 saturated heterocycles. The number of rotatable bonds is 5. The third kappa shape index (κ3) is 6.66. The molecule has 0 aliphatic carbocycles. The molecule has 10 heteroatoms. The fraction of sp³-hybridized carbons (Fsp3) is 0.429. The van der Waals surface area contributed by atoms with Gasteiger partial charge in [-0.1, -0.05) is 29.8 Å². The molecule has 0 saturated carbocycles. The molecule has 0 heterocycles. The lowest BCUT2D eigenvalue weighted by molar-refractivity contribution is -0.138. The molecule has 1 atom stereocenters.